The predicted molar refractivity (Wildman–Crippen MR) is 129 cm³/mol. The summed E-state index contributed by atoms with van der Waals surface area (Å²) in [5, 5.41) is 13.6. The molecule has 1 N–H and O–H groups in total. The number of fused-ring (bicyclic) bond motifs is 1. The summed E-state index contributed by atoms with van der Waals surface area (Å²) in [4.78, 5) is 4.86. The molecule has 2 atom stereocenters. The maximum absolute atomic E-state index is 13.4. The maximum Gasteiger partial charge on any atom is 0.416 e. The third-order valence-corrected chi connectivity index (χ3v) is 7.58. The van der Waals surface area contributed by atoms with Gasteiger partial charge in [0.15, 0.2) is 5.82 Å². The van der Waals surface area contributed by atoms with Crippen LogP contribution in [0.3, 0.4) is 0 Å². The molecule has 3 aromatic rings. The summed E-state index contributed by atoms with van der Waals surface area (Å²) in [6, 6.07) is 10.3. The molecule has 0 saturated carbocycles. The van der Waals surface area contributed by atoms with Crippen molar-refractivity contribution >= 4 is 22.3 Å². The van der Waals surface area contributed by atoms with Crippen molar-refractivity contribution in [2.24, 2.45) is 5.41 Å². The minimum Gasteiger partial charge on any atom is -0.371 e. The van der Waals surface area contributed by atoms with Crippen LogP contribution in [0, 0.1) is 12.3 Å². The van der Waals surface area contributed by atoms with E-state index in [2.05, 4.69) is 50.6 Å². The molecule has 34 heavy (non-hydrogen) atoms. The number of halogens is 3. The Morgan fingerprint density at radius 2 is 1.88 bits per heavy atom. The molecule has 2 aliphatic heterocycles. The topological polar surface area (TPSA) is 44.3 Å². The lowest BCUT2D eigenvalue weighted by Crippen LogP contribution is -2.29. The zero-order valence-corrected chi connectivity index (χ0v) is 19.8. The molecule has 0 amide bonds. The highest BCUT2D eigenvalue weighted by molar-refractivity contribution is 5.93. The highest BCUT2D eigenvalue weighted by Gasteiger charge is 2.42. The minimum absolute atomic E-state index is 0.229. The van der Waals surface area contributed by atoms with Gasteiger partial charge in [0.05, 0.1) is 17.8 Å². The van der Waals surface area contributed by atoms with E-state index in [9.17, 15) is 13.2 Å². The van der Waals surface area contributed by atoms with Crippen molar-refractivity contribution in [3.05, 3.63) is 59.3 Å². The van der Waals surface area contributed by atoms with Crippen molar-refractivity contribution < 1.29 is 13.2 Å². The summed E-state index contributed by atoms with van der Waals surface area (Å²) >= 11 is 0. The first-order chi connectivity index (χ1) is 16.2. The zero-order valence-electron chi connectivity index (χ0n) is 19.8. The molecule has 1 aromatic heterocycles. The van der Waals surface area contributed by atoms with E-state index in [-0.39, 0.29) is 11.6 Å². The molecule has 2 aliphatic rings. The number of hydrogen-bond acceptors (Lipinski definition) is 5. The van der Waals surface area contributed by atoms with E-state index in [1.807, 2.05) is 6.92 Å². The van der Waals surface area contributed by atoms with Gasteiger partial charge in [-0.05, 0) is 69.6 Å². The van der Waals surface area contributed by atoms with E-state index >= 15 is 0 Å². The molecule has 0 aliphatic carbocycles. The first-order valence-corrected chi connectivity index (χ1v) is 11.8. The average Bonchev–Trinajstić information content (AvgIpc) is 3.38. The van der Waals surface area contributed by atoms with Crippen molar-refractivity contribution in [2.45, 2.75) is 38.9 Å². The molecule has 1 unspecified atom stereocenters. The third-order valence-electron chi connectivity index (χ3n) is 7.58. The molecule has 0 radical (unpaired) electrons. The van der Waals surface area contributed by atoms with Gasteiger partial charge >= 0.3 is 6.18 Å². The van der Waals surface area contributed by atoms with Gasteiger partial charge in [-0.15, -0.1) is 5.10 Å². The lowest BCUT2D eigenvalue weighted by atomic mass is 9.86. The van der Waals surface area contributed by atoms with Crippen molar-refractivity contribution in [1.82, 2.24) is 15.1 Å². The lowest BCUT2D eigenvalue weighted by molar-refractivity contribution is -0.138. The van der Waals surface area contributed by atoms with Crippen molar-refractivity contribution in [3.63, 3.8) is 0 Å². The van der Waals surface area contributed by atoms with Crippen LogP contribution < -0.4 is 10.2 Å². The van der Waals surface area contributed by atoms with Crippen LogP contribution in [0.25, 0.3) is 10.8 Å². The maximum atomic E-state index is 13.4. The summed E-state index contributed by atoms with van der Waals surface area (Å²) in [5.74, 6) is 0.582. The van der Waals surface area contributed by atoms with Gasteiger partial charge in [-0.1, -0.05) is 18.2 Å². The van der Waals surface area contributed by atoms with E-state index in [1.54, 1.807) is 12.3 Å². The molecular formula is C26H30F3N5. The largest absolute Gasteiger partial charge is 0.416 e. The number of aromatic nitrogens is 2. The average molecular weight is 470 g/mol. The van der Waals surface area contributed by atoms with Gasteiger partial charge in [-0.2, -0.15) is 18.3 Å². The van der Waals surface area contributed by atoms with E-state index in [0.29, 0.717) is 16.8 Å². The predicted octanol–water partition coefficient (Wildman–Crippen LogP) is 5.66. The van der Waals surface area contributed by atoms with Gasteiger partial charge in [-0.25, -0.2) is 0 Å². The number of nitrogens with zero attached hydrogens (tertiary/aromatic N) is 4. The van der Waals surface area contributed by atoms with Gasteiger partial charge in [0.2, 0.25) is 0 Å². The minimum atomic E-state index is -4.38. The highest BCUT2D eigenvalue weighted by Crippen LogP contribution is 2.41. The Morgan fingerprint density at radius 3 is 2.62 bits per heavy atom. The Labute approximate surface area is 198 Å². The fourth-order valence-corrected chi connectivity index (χ4v) is 5.73. The van der Waals surface area contributed by atoms with Gasteiger partial charge in [-0.3, -0.25) is 0 Å². The Hall–Kier alpha value is -2.87. The molecule has 2 fully saturated rings. The second kappa shape index (κ2) is 8.41. The number of anilines is 2. The smallest absolute Gasteiger partial charge is 0.371 e. The molecule has 5 nitrogen and oxygen atoms in total. The van der Waals surface area contributed by atoms with E-state index in [0.717, 1.165) is 48.7 Å². The van der Waals surface area contributed by atoms with Crippen LogP contribution in [0.5, 0.6) is 0 Å². The SMILES string of the molecule is Cc1c([C@@H](C)Nc2nncc3ccc(N4CCC5(CCN(C)C5)C4)cc23)cccc1C(F)(F)F. The number of likely N-dealkylation sites (tertiary alicyclic amines) is 1. The Kier molecular flexibility index (Phi) is 5.67. The quantitative estimate of drug-likeness (QED) is 0.534. The van der Waals surface area contributed by atoms with E-state index < -0.39 is 11.7 Å². The molecule has 0 bridgehead atoms. The number of rotatable bonds is 4. The van der Waals surface area contributed by atoms with Gasteiger partial charge < -0.3 is 15.1 Å². The molecule has 3 heterocycles. The molecule has 180 valence electrons. The first-order valence-electron chi connectivity index (χ1n) is 11.8. The van der Waals surface area contributed by atoms with E-state index in [1.165, 1.54) is 25.8 Å². The van der Waals surface area contributed by atoms with Crippen LogP contribution in [-0.2, 0) is 6.18 Å². The molecule has 5 rings (SSSR count). The normalized spacial score (nSPS) is 22.1. The van der Waals surface area contributed by atoms with Crippen LogP contribution in [0.15, 0.2) is 42.6 Å². The van der Waals surface area contributed by atoms with Gasteiger partial charge in [0.25, 0.3) is 0 Å². The molecular weight excluding hydrogens is 439 g/mol. The van der Waals surface area contributed by atoms with Crippen molar-refractivity contribution in [3.8, 4) is 0 Å². The summed E-state index contributed by atoms with van der Waals surface area (Å²) in [6.07, 6.45) is -0.224. The van der Waals surface area contributed by atoms with Gasteiger partial charge in [0, 0.05) is 41.5 Å². The van der Waals surface area contributed by atoms with Crippen LogP contribution in [-0.4, -0.2) is 48.3 Å². The monoisotopic (exact) mass is 469 g/mol. The third kappa shape index (κ3) is 4.19. The van der Waals surface area contributed by atoms with E-state index in [4.69, 9.17) is 0 Å². The zero-order chi connectivity index (χ0) is 24.1. The summed E-state index contributed by atoms with van der Waals surface area (Å²) in [5.41, 5.74) is 1.74. The van der Waals surface area contributed by atoms with Crippen molar-refractivity contribution in [1.29, 1.82) is 0 Å². The Bertz CT molecular complexity index is 1210. The van der Waals surface area contributed by atoms with Crippen LogP contribution in [0.4, 0.5) is 24.7 Å². The second-order valence-corrected chi connectivity index (χ2v) is 10.0. The lowest BCUT2D eigenvalue weighted by Gasteiger charge is -2.25. The summed E-state index contributed by atoms with van der Waals surface area (Å²) < 4.78 is 40.2. The number of hydrogen-bond donors (Lipinski definition) is 1. The Balaban J connectivity index is 1.43. The Morgan fingerprint density at radius 1 is 1.09 bits per heavy atom. The van der Waals surface area contributed by atoms with Gasteiger partial charge in [0.1, 0.15) is 0 Å². The first kappa shape index (κ1) is 22.9. The second-order valence-electron chi connectivity index (χ2n) is 10.0. The van der Waals surface area contributed by atoms with Crippen LogP contribution in [0.1, 0.15) is 42.5 Å². The standard InChI is InChI=1S/C26H30F3N5/c1-17-21(5-4-6-23(17)26(27,28)29)18(2)31-24-22-13-20(8-7-19(22)14-30-32-24)34-12-10-25(16-34)9-11-33(3)15-25/h4-8,13-14,18H,9-12,15-16H2,1-3H3,(H,31,32)/t18-,25?/m1/s1. The van der Waals surface area contributed by atoms with Crippen LogP contribution >= 0.6 is 0 Å². The summed E-state index contributed by atoms with van der Waals surface area (Å²) in [7, 11) is 2.19. The van der Waals surface area contributed by atoms with Crippen molar-refractivity contribution in [2.75, 3.05) is 43.4 Å². The summed E-state index contributed by atoms with van der Waals surface area (Å²) in [6.45, 7) is 7.75. The fourth-order valence-electron chi connectivity index (χ4n) is 5.73. The molecule has 2 aromatic carbocycles. The molecule has 8 heteroatoms. The number of nitrogens with one attached hydrogen (secondary N) is 1. The highest BCUT2D eigenvalue weighted by atomic mass is 19.4. The van der Waals surface area contributed by atoms with Crippen LogP contribution in [0.2, 0.25) is 0 Å². The molecule has 1 spiro atoms. The fraction of sp³-hybridized carbons (Fsp3) is 0.462. The number of benzene rings is 2. The number of alkyl halides is 3. The molecule has 2 saturated heterocycles.